The van der Waals surface area contributed by atoms with Crippen molar-refractivity contribution in [2.75, 3.05) is 0 Å². The van der Waals surface area contributed by atoms with E-state index in [0.717, 1.165) is 18.4 Å². The minimum Gasteiger partial charge on any atom is -0.241 e. The molecule has 2 aromatic heterocycles. The molecule has 2 aromatic rings. The number of aryl methyl sites for hydroxylation is 2. The van der Waals surface area contributed by atoms with Crippen LogP contribution in [0.3, 0.4) is 0 Å². The largest absolute Gasteiger partial charge is 0.241 e. The lowest BCUT2D eigenvalue weighted by Crippen LogP contribution is -1.91. The van der Waals surface area contributed by atoms with Gasteiger partial charge >= 0.3 is 0 Å². The van der Waals surface area contributed by atoms with Crippen LogP contribution in [0.4, 0.5) is 0 Å². The molecule has 13 heavy (non-hydrogen) atoms. The quantitative estimate of drug-likeness (QED) is 0.640. The van der Waals surface area contributed by atoms with Crippen LogP contribution in [-0.4, -0.2) is 14.6 Å². The van der Waals surface area contributed by atoms with Crippen molar-refractivity contribution < 1.29 is 0 Å². The highest BCUT2D eigenvalue weighted by molar-refractivity contribution is 6.32. The molecule has 4 heteroatoms. The van der Waals surface area contributed by atoms with Gasteiger partial charge in [-0.2, -0.15) is 5.10 Å². The third kappa shape index (κ3) is 0.907. The first-order valence-electron chi connectivity index (χ1n) is 4.37. The van der Waals surface area contributed by atoms with Gasteiger partial charge in [0.25, 0.3) is 0 Å². The van der Waals surface area contributed by atoms with Crippen molar-refractivity contribution in [1.82, 2.24) is 14.6 Å². The van der Waals surface area contributed by atoms with E-state index in [9.17, 15) is 0 Å². The zero-order valence-corrected chi connectivity index (χ0v) is 7.75. The van der Waals surface area contributed by atoms with Gasteiger partial charge in [-0.3, -0.25) is 0 Å². The van der Waals surface area contributed by atoms with Gasteiger partial charge in [-0.25, -0.2) is 9.50 Å². The molecule has 0 saturated heterocycles. The van der Waals surface area contributed by atoms with Gasteiger partial charge in [0.1, 0.15) is 5.52 Å². The van der Waals surface area contributed by atoms with Gasteiger partial charge in [0, 0.05) is 18.0 Å². The topological polar surface area (TPSA) is 30.2 Å². The summed E-state index contributed by atoms with van der Waals surface area (Å²) in [6, 6.07) is 0. The Bertz CT molecular complexity index is 475. The van der Waals surface area contributed by atoms with Crippen molar-refractivity contribution in [3.05, 3.63) is 28.8 Å². The lowest BCUT2D eigenvalue weighted by molar-refractivity contribution is 0.836. The molecule has 1 aliphatic rings. The van der Waals surface area contributed by atoms with E-state index in [-0.39, 0.29) is 0 Å². The van der Waals surface area contributed by atoms with Crippen LogP contribution < -0.4 is 0 Å². The lowest BCUT2D eigenvalue weighted by atomic mass is 10.2. The van der Waals surface area contributed by atoms with E-state index in [1.54, 1.807) is 6.20 Å². The number of nitrogens with zero attached hydrogens (tertiary/aromatic N) is 3. The Balaban J connectivity index is 2.46. The maximum absolute atomic E-state index is 6.01. The van der Waals surface area contributed by atoms with E-state index in [4.69, 9.17) is 11.6 Å². The Morgan fingerprint density at radius 2 is 2.31 bits per heavy atom. The summed E-state index contributed by atoms with van der Waals surface area (Å²) in [6.45, 7) is 0. The minimum absolute atomic E-state index is 0.568. The van der Waals surface area contributed by atoms with Gasteiger partial charge in [-0.15, -0.1) is 0 Å². The van der Waals surface area contributed by atoms with Crippen LogP contribution in [0.2, 0.25) is 5.15 Å². The Kier molecular flexibility index (Phi) is 1.38. The molecular weight excluding hydrogens is 186 g/mol. The number of halogens is 1. The summed E-state index contributed by atoms with van der Waals surface area (Å²) in [4.78, 5) is 4.06. The Labute approximate surface area is 80.3 Å². The van der Waals surface area contributed by atoms with Crippen LogP contribution in [0.1, 0.15) is 17.7 Å². The average Bonchev–Trinajstić information content (AvgIpc) is 2.62. The standard InChI is InChI=1S/C9H8ClN3/c10-9-8-6-2-1-3-7(6)12-13(8)5-4-11-9/h4-5H,1-3H2. The first-order chi connectivity index (χ1) is 6.36. The molecule has 0 N–H and O–H groups in total. The van der Waals surface area contributed by atoms with Crippen LogP contribution in [0, 0.1) is 0 Å². The molecule has 0 radical (unpaired) electrons. The van der Waals surface area contributed by atoms with E-state index < -0.39 is 0 Å². The van der Waals surface area contributed by atoms with E-state index in [2.05, 4.69) is 10.1 Å². The van der Waals surface area contributed by atoms with Crippen LogP contribution >= 0.6 is 11.6 Å². The highest BCUT2D eigenvalue weighted by Crippen LogP contribution is 2.28. The fourth-order valence-corrected chi connectivity index (χ4v) is 2.22. The van der Waals surface area contributed by atoms with Crippen LogP contribution in [0.15, 0.2) is 12.4 Å². The smallest absolute Gasteiger partial charge is 0.155 e. The van der Waals surface area contributed by atoms with E-state index in [1.165, 1.54) is 17.7 Å². The van der Waals surface area contributed by atoms with Gasteiger partial charge in [-0.1, -0.05) is 11.6 Å². The molecule has 0 amide bonds. The zero-order chi connectivity index (χ0) is 8.84. The molecule has 0 spiro atoms. The summed E-state index contributed by atoms with van der Waals surface area (Å²) >= 11 is 6.01. The third-order valence-corrected chi connectivity index (χ3v) is 2.80. The maximum atomic E-state index is 6.01. The Hall–Kier alpha value is -1.09. The average molecular weight is 194 g/mol. The molecule has 0 saturated carbocycles. The summed E-state index contributed by atoms with van der Waals surface area (Å²) in [5.74, 6) is 0. The van der Waals surface area contributed by atoms with E-state index in [0.29, 0.717) is 5.15 Å². The molecule has 0 atom stereocenters. The molecule has 3 nitrogen and oxygen atoms in total. The molecule has 1 aliphatic carbocycles. The normalized spacial score (nSPS) is 15.2. The molecule has 0 aliphatic heterocycles. The second-order valence-corrected chi connectivity index (χ2v) is 3.65. The summed E-state index contributed by atoms with van der Waals surface area (Å²) in [5, 5.41) is 5.01. The van der Waals surface area contributed by atoms with Crippen LogP contribution in [0.5, 0.6) is 0 Å². The number of hydrogen-bond donors (Lipinski definition) is 0. The van der Waals surface area contributed by atoms with Gasteiger partial charge in [0.15, 0.2) is 5.15 Å². The Morgan fingerprint density at radius 3 is 3.23 bits per heavy atom. The van der Waals surface area contributed by atoms with Crippen molar-refractivity contribution in [2.45, 2.75) is 19.3 Å². The predicted octanol–water partition coefficient (Wildman–Crippen LogP) is 1.87. The minimum atomic E-state index is 0.568. The molecule has 0 aromatic carbocycles. The summed E-state index contributed by atoms with van der Waals surface area (Å²) < 4.78 is 1.83. The second-order valence-electron chi connectivity index (χ2n) is 3.29. The summed E-state index contributed by atoms with van der Waals surface area (Å²) in [6.07, 6.45) is 6.88. The molecule has 2 heterocycles. The summed E-state index contributed by atoms with van der Waals surface area (Å²) in [5.41, 5.74) is 3.48. The molecular formula is C9H8ClN3. The van der Waals surface area contributed by atoms with Gasteiger partial charge in [0.2, 0.25) is 0 Å². The van der Waals surface area contributed by atoms with Gasteiger partial charge in [0.05, 0.1) is 5.69 Å². The number of hydrogen-bond acceptors (Lipinski definition) is 2. The number of fused-ring (bicyclic) bond motifs is 3. The predicted molar refractivity (Wildman–Crippen MR) is 50.0 cm³/mol. The molecule has 66 valence electrons. The van der Waals surface area contributed by atoms with E-state index in [1.807, 2.05) is 10.7 Å². The molecule has 0 fully saturated rings. The lowest BCUT2D eigenvalue weighted by Gasteiger charge is -1.96. The molecule has 0 unspecified atom stereocenters. The first kappa shape index (κ1) is 7.33. The zero-order valence-electron chi connectivity index (χ0n) is 7.00. The first-order valence-corrected chi connectivity index (χ1v) is 4.74. The van der Waals surface area contributed by atoms with Crippen molar-refractivity contribution in [1.29, 1.82) is 0 Å². The van der Waals surface area contributed by atoms with Crippen molar-refractivity contribution >= 4 is 17.1 Å². The van der Waals surface area contributed by atoms with Gasteiger partial charge in [-0.05, 0) is 19.3 Å². The van der Waals surface area contributed by atoms with E-state index >= 15 is 0 Å². The molecule has 0 bridgehead atoms. The third-order valence-electron chi connectivity index (χ3n) is 2.52. The van der Waals surface area contributed by atoms with Crippen molar-refractivity contribution in [3.63, 3.8) is 0 Å². The highest BCUT2D eigenvalue weighted by Gasteiger charge is 2.19. The maximum Gasteiger partial charge on any atom is 0.155 e. The highest BCUT2D eigenvalue weighted by atomic mass is 35.5. The monoisotopic (exact) mass is 193 g/mol. The SMILES string of the molecule is Clc1nccn2nc3c(c12)CCC3. The van der Waals surface area contributed by atoms with Crippen molar-refractivity contribution in [3.8, 4) is 0 Å². The fourth-order valence-electron chi connectivity index (χ4n) is 1.96. The van der Waals surface area contributed by atoms with Crippen molar-refractivity contribution in [2.24, 2.45) is 0 Å². The molecule has 3 rings (SSSR count). The number of rotatable bonds is 0. The van der Waals surface area contributed by atoms with Gasteiger partial charge < -0.3 is 0 Å². The summed E-state index contributed by atoms with van der Waals surface area (Å²) in [7, 11) is 0. The fraction of sp³-hybridized carbons (Fsp3) is 0.333. The second kappa shape index (κ2) is 2.45. The van der Waals surface area contributed by atoms with Crippen LogP contribution in [-0.2, 0) is 12.8 Å². The Morgan fingerprint density at radius 1 is 1.38 bits per heavy atom. The van der Waals surface area contributed by atoms with Crippen LogP contribution in [0.25, 0.3) is 5.52 Å². The number of aromatic nitrogens is 3.